The van der Waals surface area contributed by atoms with E-state index in [9.17, 15) is 4.79 Å². The molecule has 0 saturated carbocycles. The summed E-state index contributed by atoms with van der Waals surface area (Å²) in [6.45, 7) is 7.88. The van der Waals surface area contributed by atoms with Gasteiger partial charge in [-0.2, -0.15) is 0 Å². The minimum absolute atomic E-state index is 0.0838. The molecule has 1 rings (SSSR count). The fourth-order valence-electron chi connectivity index (χ4n) is 1.42. The molecule has 0 radical (unpaired) electrons. The minimum Gasteiger partial charge on any atom is -0.351 e. The van der Waals surface area contributed by atoms with Gasteiger partial charge in [0, 0.05) is 29.9 Å². The van der Waals surface area contributed by atoms with Crippen molar-refractivity contribution in [3.63, 3.8) is 0 Å². The Balaban J connectivity index is 3.16. The normalized spacial score (nSPS) is 10.9. The summed E-state index contributed by atoms with van der Waals surface area (Å²) in [6.07, 6.45) is 0. The molecule has 0 aliphatic rings. The van der Waals surface area contributed by atoms with Crippen molar-refractivity contribution in [1.82, 2.24) is 4.57 Å². The van der Waals surface area contributed by atoms with E-state index >= 15 is 0 Å². The third-order valence-corrected chi connectivity index (χ3v) is 2.57. The van der Waals surface area contributed by atoms with Crippen molar-refractivity contribution in [1.29, 1.82) is 0 Å². The van der Waals surface area contributed by atoms with Crippen molar-refractivity contribution in [2.75, 3.05) is 0 Å². The Hall–Kier alpha value is -1.05. The maximum Gasteiger partial charge on any atom is 0.167 e. The van der Waals surface area contributed by atoms with Crippen LogP contribution in [0.3, 0.4) is 0 Å². The summed E-state index contributed by atoms with van der Waals surface area (Å²) < 4.78 is 2.05. The first-order valence-corrected chi connectivity index (χ1v) is 4.62. The minimum atomic E-state index is 0.0838. The van der Waals surface area contributed by atoms with Crippen LogP contribution >= 0.6 is 0 Å². The van der Waals surface area contributed by atoms with Crippen LogP contribution in [0.15, 0.2) is 6.07 Å². The van der Waals surface area contributed by atoms with Crippen LogP contribution in [0.1, 0.15) is 35.6 Å². The van der Waals surface area contributed by atoms with Crippen LogP contribution in [0.25, 0.3) is 0 Å². The summed E-state index contributed by atoms with van der Waals surface area (Å²) in [5.41, 5.74) is 3.08. The first-order valence-electron chi connectivity index (χ1n) is 4.62. The Morgan fingerprint density at radius 2 is 1.92 bits per heavy atom. The zero-order valence-corrected chi connectivity index (χ0v) is 9.01. The molecule has 0 aliphatic heterocycles. The van der Waals surface area contributed by atoms with Gasteiger partial charge in [0.1, 0.15) is 0 Å². The van der Waals surface area contributed by atoms with Gasteiger partial charge in [-0.15, -0.1) is 0 Å². The lowest BCUT2D eigenvalue weighted by molar-refractivity contribution is 0.0938. The predicted molar refractivity (Wildman–Crippen MR) is 54.1 cm³/mol. The summed E-state index contributed by atoms with van der Waals surface area (Å²) >= 11 is 0. The fraction of sp³-hybridized carbons (Fsp3) is 0.545. The van der Waals surface area contributed by atoms with E-state index in [-0.39, 0.29) is 11.7 Å². The summed E-state index contributed by atoms with van der Waals surface area (Å²) in [5.74, 6) is 0.321. The van der Waals surface area contributed by atoms with Crippen molar-refractivity contribution >= 4 is 5.78 Å². The SMILES string of the molecule is Cc1cc(C(=O)C(C)C)c(C)n1C. The quantitative estimate of drug-likeness (QED) is 0.639. The Morgan fingerprint density at radius 3 is 2.23 bits per heavy atom. The lowest BCUT2D eigenvalue weighted by Gasteiger charge is -2.04. The standard InChI is InChI=1S/C11H17NO/c1-7(2)11(13)10-6-8(3)12(5)9(10)4/h6-7H,1-5H3. The van der Waals surface area contributed by atoms with Crippen molar-refractivity contribution < 1.29 is 4.79 Å². The number of Topliss-reactive ketones (excluding diaryl/α,β-unsaturated/α-hetero) is 1. The number of aromatic nitrogens is 1. The average Bonchev–Trinajstić information content (AvgIpc) is 2.31. The summed E-state index contributed by atoms with van der Waals surface area (Å²) in [6, 6.07) is 1.97. The molecule has 72 valence electrons. The third kappa shape index (κ3) is 1.67. The van der Waals surface area contributed by atoms with Gasteiger partial charge in [-0.05, 0) is 19.9 Å². The molecule has 0 unspecified atom stereocenters. The van der Waals surface area contributed by atoms with Crippen LogP contribution in [0.5, 0.6) is 0 Å². The smallest absolute Gasteiger partial charge is 0.167 e. The summed E-state index contributed by atoms with van der Waals surface area (Å²) in [4.78, 5) is 11.7. The topological polar surface area (TPSA) is 22.0 Å². The second kappa shape index (κ2) is 3.36. The molecule has 2 nitrogen and oxygen atoms in total. The van der Waals surface area contributed by atoms with Crippen molar-refractivity contribution in [3.8, 4) is 0 Å². The predicted octanol–water partition coefficient (Wildman–Crippen LogP) is 2.48. The number of hydrogen-bond acceptors (Lipinski definition) is 1. The second-order valence-corrected chi connectivity index (χ2v) is 3.86. The molecule has 13 heavy (non-hydrogen) atoms. The van der Waals surface area contributed by atoms with Gasteiger partial charge in [-0.25, -0.2) is 0 Å². The van der Waals surface area contributed by atoms with Gasteiger partial charge in [0.05, 0.1) is 0 Å². The molecule has 2 heteroatoms. The highest BCUT2D eigenvalue weighted by Crippen LogP contribution is 2.16. The van der Waals surface area contributed by atoms with E-state index in [4.69, 9.17) is 0 Å². The Bertz CT molecular complexity index is 334. The number of ketones is 1. The van der Waals surface area contributed by atoms with Crippen molar-refractivity contribution in [2.45, 2.75) is 27.7 Å². The molecule has 0 aromatic carbocycles. The number of hydrogen-bond donors (Lipinski definition) is 0. The van der Waals surface area contributed by atoms with Gasteiger partial charge in [-0.1, -0.05) is 13.8 Å². The summed E-state index contributed by atoms with van der Waals surface area (Å²) in [5, 5.41) is 0. The van der Waals surface area contributed by atoms with Crippen LogP contribution < -0.4 is 0 Å². The molecular formula is C11H17NO. The van der Waals surface area contributed by atoms with E-state index in [1.165, 1.54) is 0 Å². The van der Waals surface area contributed by atoms with E-state index in [1.807, 2.05) is 40.8 Å². The number of aryl methyl sites for hydroxylation is 1. The molecule has 1 heterocycles. The highest BCUT2D eigenvalue weighted by Gasteiger charge is 2.16. The van der Waals surface area contributed by atoms with E-state index in [0.29, 0.717) is 0 Å². The largest absolute Gasteiger partial charge is 0.351 e. The Kier molecular flexibility index (Phi) is 2.60. The van der Waals surface area contributed by atoms with Crippen LogP contribution in [0.4, 0.5) is 0 Å². The maximum absolute atomic E-state index is 11.7. The highest BCUT2D eigenvalue weighted by atomic mass is 16.1. The molecule has 0 aliphatic carbocycles. The van der Waals surface area contributed by atoms with Gasteiger partial charge >= 0.3 is 0 Å². The van der Waals surface area contributed by atoms with E-state index in [0.717, 1.165) is 17.0 Å². The van der Waals surface area contributed by atoms with Crippen molar-refractivity contribution in [3.05, 3.63) is 23.0 Å². The molecule has 0 spiro atoms. The molecule has 0 N–H and O–H groups in total. The van der Waals surface area contributed by atoms with E-state index in [1.54, 1.807) is 0 Å². The van der Waals surface area contributed by atoms with Crippen molar-refractivity contribution in [2.24, 2.45) is 13.0 Å². The average molecular weight is 179 g/mol. The van der Waals surface area contributed by atoms with Gasteiger partial charge in [0.2, 0.25) is 0 Å². The zero-order chi connectivity index (χ0) is 10.2. The monoisotopic (exact) mass is 179 g/mol. The molecular weight excluding hydrogens is 162 g/mol. The maximum atomic E-state index is 11.7. The molecule has 0 atom stereocenters. The Morgan fingerprint density at radius 1 is 1.38 bits per heavy atom. The molecule has 1 aromatic heterocycles. The van der Waals surface area contributed by atoms with Crippen LogP contribution in [0, 0.1) is 19.8 Å². The van der Waals surface area contributed by atoms with Gasteiger partial charge in [0.15, 0.2) is 5.78 Å². The van der Waals surface area contributed by atoms with Gasteiger partial charge in [0.25, 0.3) is 0 Å². The fourth-order valence-corrected chi connectivity index (χ4v) is 1.42. The summed E-state index contributed by atoms with van der Waals surface area (Å²) in [7, 11) is 1.99. The lowest BCUT2D eigenvalue weighted by Crippen LogP contribution is -2.08. The number of carbonyl (C=O) groups is 1. The van der Waals surface area contributed by atoms with Crippen LogP contribution in [-0.4, -0.2) is 10.4 Å². The lowest BCUT2D eigenvalue weighted by atomic mass is 10.0. The number of rotatable bonds is 2. The first kappa shape index (κ1) is 10.0. The molecule has 1 aromatic rings. The molecule has 0 fully saturated rings. The molecule has 0 bridgehead atoms. The molecule has 0 amide bonds. The number of nitrogens with zero attached hydrogens (tertiary/aromatic N) is 1. The van der Waals surface area contributed by atoms with Crippen LogP contribution in [-0.2, 0) is 7.05 Å². The van der Waals surface area contributed by atoms with Crippen LogP contribution in [0.2, 0.25) is 0 Å². The molecule has 0 saturated heterocycles. The second-order valence-electron chi connectivity index (χ2n) is 3.86. The van der Waals surface area contributed by atoms with E-state index in [2.05, 4.69) is 4.57 Å². The Labute approximate surface area is 79.6 Å². The number of carbonyl (C=O) groups excluding carboxylic acids is 1. The zero-order valence-electron chi connectivity index (χ0n) is 9.01. The van der Waals surface area contributed by atoms with Gasteiger partial charge < -0.3 is 4.57 Å². The van der Waals surface area contributed by atoms with E-state index < -0.39 is 0 Å². The third-order valence-electron chi connectivity index (χ3n) is 2.57. The first-order chi connectivity index (χ1) is 5.95. The highest BCUT2D eigenvalue weighted by molar-refractivity contribution is 5.98. The van der Waals surface area contributed by atoms with Gasteiger partial charge in [-0.3, -0.25) is 4.79 Å².